The Bertz CT molecular complexity index is 424. The molecule has 0 radical (unpaired) electrons. The predicted molar refractivity (Wildman–Crippen MR) is 80.2 cm³/mol. The molecule has 0 bridgehead atoms. The van der Waals surface area contributed by atoms with E-state index in [1.54, 1.807) is 32.4 Å². The van der Waals surface area contributed by atoms with E-state index in [0.29, 0.717) is 29.6 Å². The van der Waals surface area contributed by atoms with E-state index < -0.39 is 0 Å². The summed E-state index contributed by atoms with van der Waals surface area (Å²) in [4.78, 5) is 12.2. The summed E-state index contributed by atoms with van der Waals surface area (Å²) < 4.78 is 10.3. The molecule has 0 aliphatic rings. The normalized spacial score (nSPS) is 12.1. The molecule has 5 heteroatoms. The van der Waals surface area contributed by atoms with Crippen molar-refractivity contribution in [2.75, 3.05) is 26.1 Å². The summed E-state index contributed by atoms with van der Waals surface area (Å²) in [6, 6.07) is 5.26. The van der Waals surface area contributed by atoms with Crippen LogP contribution in [0.3, 0.4) is 0 Å². The standard InChI is InChI=1S/C15H24N2O3/c1-10(2)5-11(9-16)15(18)17-12-6-13(19-3)8-14(7-12)20-4/h6-8,10-11H,5,9,16H2,1-4H3,(H,17,18). The number of benzene rings is 1. The first-order valence-corrected chi connectivity index (χ1v) is 6.74. The lowest BCUT2D eigenvalue weighted by atomic mass is 9.96. The maximum absolute atomic E-state index is 12.2. The van der Waals surface area contributed by atoms with Gasteiger partial charge in [0.25, 0.3) is 0 Å². The van der Waals surface area contributed by atoms with E-state index in [-0.39, 0.29) is 11.8 Å². The molecule has 0 aliphatic carbocycles. The Hall–Kier alpha value is -1.75. The van der Waals surface area contributed by atoms with E-state index in [0.717, 1.165) is 6.42 Å². The van der Waals surface area contributed by atoms with Crippen molar-refractivity contribution in [3.8, 4) is 11.5 Å². The first kappa shape index (κ1) is 16.3. The third kappa shape index (κ3) is 4.74. The maximum Gasteiger partial charge on any atom is 0.228 e. The van der Waals surface area contributed by atoms with Crippen molar-refractivity contribution >= 4 is 11.6 Å². The first-order chi connectivity index (χ1) is 9.49. The largest absolute Gasteiger partial charge is 0.497 e. The van der Waals surface area contributed by atoms with Gasteiger partial charge in [0.15, 0.2) is 0 Å². The van der Waals surface area contributed by atoms with Gasteiger partial charge < -0.3 is 20.5 Å². The number of hydrogen-bond acceptors (Lipinski definition) is 4. The highest BCUT2D eigenvalue weighted by Gasteiger charge is 2.18. The highest BCUT2D eigenvalue weighted by molar-refractivity contribution is 5.93. The number of nitrogens with two attached hydrogens (primary N) is 1. The van der Waals surface area contributed by atoms with Gasteiger partial charge in [-0.3, -0.25) is 4.79 Å². The molecule has 0 saturated heterocycles. The second kappa shape index (κ2) is 7.75. The van der Waals surface area contributed by atoms with E-state index >= 15 is 0 Å². The van der Waals surface area contributed by atoms with Crippen LogP contribution in [-0.2, 0) is 4.79 Å². The number of rotatable bonds is 7. The summed E-state index contributed by atoms with van der Waals surface area (Å²) in [6.07, 6.45) is 0.767. The van der Waals surface area contributed by atoms with Crippen molar-refractivity contribution in [3.05, 3.63) is 18.2 Å². The Morgan fingerprint density at radius 3 is 2.15 bits per heavy atom. The van der Waals surface area contributed by atoms with E-state index in [1.807, 2.05) is 0 Å². The van der Waals surface area contributed by atoms with Crippen molar-refractivity contribution in [1.82, 2.24) is 0 Å². The number of anilines is 1. The van der Waals surface area contributed by atoms with Crippen LogP contribution in [0.4, 0.5) is 5.69 Å². The van der Waals surface area contributed by atoms with Crippen LogP contribution in [0, 0.1) is 11.8 Å². The van der Waals surface area contributed by atoms with Gasteiger partial charge in [-0.05, 0) is 12.3 Å². The van der Waals surface area contributed by atoms with Crippen molar-refractivity contribution in [2.24, 2.45) is 17.6 Å². The lowest BCUT2D eigenvalue weighted by molar-refractivity contribution is -0.120. The molecule has 0 fully saturated rings. The summed E-state index contributed by atoms with van der Waals surface area (Å²) in [5.74, 6) is 1.43. The fraction of sp³-hybridized carbons (Fsp3) is 0.533. The highest BCUT2D eigenvalue weighted by Crippen LogP contribution is 2.26. The monoisotopic (exact) mass is 280 g/mol. The molecule has 1 rings (SSSR count). The smallest absolute Gasteiger partial charge is 0.228 e. The van der Waals surface area contributed by atoms with Crippen LogP contribution in [0.25, 0.3) is 0 Å². The van der Waals surface area contributed by atoms with Crippen LogP contribution in [-0.4, -0.2) is 26.7 Å². The van der Waals surface area contributed by atoms with Gasteiger partial charge in [-0.1, -0.05) is 13.8 Å². The Morgan fingerprint density at radius 2 is 1.75 bits per heavy atom. The minimum atomic E-state index is -0.188. The lowest BCUT2D eigenvalue weighted by Crippen LogP contribution is -2.30. The molecule has 1 unspecified atom stereocenters. The number of carbonyl (C=O) groups excluding carboxylic acids is 1. The SMILES string of the molecule is COc1cc(NC(=O)C(CN)CC(C)C)cc(OC)c1. The van der Waals surface area contributed by atoms with E-state index in [9.17, 15) is 4.79 Å². The van der Waals surface area contributed by atoms with Gasteiger partial charge in [0.05, 0.1) is 20.1 Å². The van der Waals surface area contributed by atoms with E-state index in [2.05, 4.69) is 19.2 Å². The molecule has 3 N–H and O–H groups in total. The zero-order chi connectivity index (χ0) is 15.1. The zero-order valence-electron chi connectivity index (χ0n) is 12.6. The molecule has 112 valence electrons. The highest BCUT2D eigenvalue weighted by atomic mass is 16.5. The van der Waals surface area contributed by atoms with Gasteiger partial charge in [0.2, 0.25) is 5.91 Å². The predicted octanol–water partition coefficient (Wildman–Crippen LogP) is 2.26. The van der Waals surface area contributed by atoms with Crippen molar-refractivity contribution in [3.63, 3.8) is 0 Å². The van der Waals surface area contributed by atoms with Crippen molar-refractivity contribution in [2.45, 2.75) is 20.3 Å². The summed E-state index contributed by atoms with van der Waals surface area (Å²) in [6.45, 7) is 4.49. The first-order valence-electron chi connectivity index (χ1n) is 6.74. The molecule has 1 aromatic rings. The average Bonchev–Trinajstić information content (AvgIpc) is 2.43. The average molecular weight is 280 g/mol. The number of nitrogens with one attached hydrogen (secondary N) is 1. The van der Waals surface area contributed by atoms with Crippen molar-refractivity contribution < 1.29 is 14.3 Å². The van der Waals surface area contributed by atoms with Gasteiger partial charge in [-0.15, -0.1) is 0 Å². The number of methoxy groups -OCH3 is 2. The lowest BCUT2D eigenvalue weighted by Gasteiger charge is -2.17. The molecule has 0 spiro atoms. The summed E-state index contributed by atoms with van der Waals surface area (Å²) in [5, 5.41) is 2.87. The molecule has 1 atom stereocenters. The Labute approximate surface area is 120 Å². The molecule has 0 heterocycles. The van der Waals surface area contributed by atoms with Gasteiger partial charge in [0, 0.05) is 30.4 Å². The van der Waals surface area contributed by atoms with Crippen LogP contribution >= 0.6 is 0 Å². The molecule has 0 saturated carbocycles. The molecular formula is C15H24N2O3. The number of hydrogen-bond donors (Lipinski definition) is 2. The number of carbonyl (C=O) groups is 1. The second-order valence-corrected chi connectivity index (χ2v) is 5.15. The third-order valence-electron chi connectivity index (χ3n) is 3.03. The van der Waals surface area contributed by atoms with Crippen LogP contribution < -0.4 is 20.5 Å². The summed E-state index contributed by atoms with van der Waals surface area (Å²) in [5.41, 5.74) is 6.32. The maximum atomic E-state index is 12.2. The molecule has 0 aromatic heterocycles. The van der Waals surface area contributed by atoms with Crippen LogP contribution in [0.1, 0.15) is 20.3 Å². The van der Waals surface area contributed by atoms with Gasteiger partial charge in [0.1, 0.15) is 11.5 Å². The quantitative estimate of drug-likeness (QED) is 0.803. The molecule has 20 heavy (non-hydrogen) atoms. The number of ether oxygens (including phenoxy) is 2. The Kier molecular flexibility index (Phi) is 6.31. The zero-order valence-corrected chi connectivity index (χ0v) is 12.6. The summed E-state index contributed by atoms with van der Waals surface area (Å²) in [7, 11) is 3.14. The van der Waals surface area contributed by atoms with Gasteiger partial charge in [-0.2, -0.15) is 0 Å². The second-order valence-electron chi connectivity index (χ2n) is 5.15. The summed E-state index contributed by atoms with van der Waals surface area (Å²) >= 11 is 0. The van der Waals surface area contributed by atoms with E-state index in [1.165, 1.54) is 0 Å². The minimum absolute atomic E-state index is 0.0727. The third-order valence-corrected chi connectivity index (χ3v) is 3.03. The van der Waals surface area contributed by atoms with Crippen LogP contribution in [0.15, 0.2) is 18.2 Å². The Morgan fingerprint density at radius 1 is 1.20 bits per heavy atom. The minimum Gasteiger partial charge on any atom is -0.497 e. The fourth-order valence-electron chi connectivity index (χ4n) is 2.00. The fourth-order valence-corrected chi connectivity index (χ4v) is 2.00. The molecule has 0 aliphatic heterocycles. The number of amides is 1. The van der Waals surface area contributed by atoms with E-state index in [4.69, 9.17) is 15.2 Å². The molecule has 1 amide bonds. The molecule has 1 aromatic carbocycles. The van der Waals surface area contributed by atoms with Crippen molar-refractivity contribution in [1.29, 1.82) is 0 Å². The topological polar surface area (TPSA) is 73.6 Å². The van der Waals surface area contributed by atoms with Crippen LogP contribution in [0.5, 0.6) is 11.5 Å². The molecule has 5 nitrogen and oxygen atoms in total. The Balaban J connectivity index is 2.83. The van der Waals surface area contributed by atoms with Gasteiger partial charge >= 0.3 is 0 Å². The van der Waals surface area contributed by atoms with Gasteiger partial charge in [-0.25, -0.2) is 0 Å². The van der Waals surface area contributed by atoms with Crippen LogP contribution in [0.2, 0.25) is 0 Å². The molecular weight excluding hydrogens is 256 g/mol.